The van der Waals surface area contributed by atoms with Gasteiger partial charge in [0.05, 0.1) is 0 Å². The van der Waals surface area contributed by atoms with Crippen LogP contribution in [-0.4, -0.2) is 6.61 Å². The predicted molar refractivity (Wildman–Crippen MR) is 81.8 cm³/mol. The highest BCUT2D eigenvalue weighted by atomic mass is 19.3. The third kappa shape index (κ3) is 5.29. The maximum absolute atomic E-state index is 12.4. The molecule has 1 fully saturated rings. The Morgan fingerprint density at radius 1 is 1.05 bits per heavy atom. The lowest BCUT2D eigenvalue weighted by molar-refractivity contribution is -0.0504. The van der Waals surface area contributed by atoms with Gasteiger partial charge < -0.3 is 4.74 Å². The van der Waals surface area contributed by atoms with E-state index >= 15 is 0 Å². The summed E-state index contributed by atoms with van der Waals surface area (Å²) in [6, 6.07) is 7.18. The molecule has 0 N–H and O–H groups in total. The van der Waals surface area contributed by atoms with E-state index in [0.29, 0.717) is 5.75 Å². The molecule has 0 aromatic heterocycles. The fraction of sp³-hybridized carbons (Fsp3) is 0.667. The summed E-state index contributed by atoms with van der Waals surface area (Å²) in [4.78, 5) is 0. The minimum atomic E-state index is -2.74. The average Bonchev–Trinajstić information content (AvgIpc) is 2.48. The molecule has 1 aliphatic rings. The van der Waals surface area contributed by atoms with Crippen LogP contribution in [0.3, 0.4) is 0 Å². The lowest BCUT2D eigenvalue weighted by Gasteiger charge is -2.28. The molecule has 1 nitrogen and oxygen atoms in total. The van der Waals surface area contributed by atoms with Crippen molar-refractivity contribution in [2.75, 3.05) is 0 Å². The van der Waals surface area contributed by atoms with Gasteiger partial charge in [0.2, 0.25) is 0 Å². The summed E-state index contributed by atoms with van der Waals surface area (Å²) in [6.45, 7) is -0.484. The molecule has 1 saturated carbocycles. The first kappa shape index (κ1) is 16.3. The van der Waals surface area contributed by atoms with E-state index in [1.54, 1.807) is 12.1 Å². The molecule has 0 saturated heterocycles. The Bertz CT molecular complexity index is 411. The van der Waals surface area contributed by atoms with Crippen LogP contribution >= 0.6 is 0 Å². The highest BCUT2D eigenvalue weighted by Crippen LogP contribution is 2.34. The van der Waals surface area contributed by atoms with E-state index in [2.05, 4.69) is 11.7 Å². The lowest BCUT2D eigenvalue weighted by atomic mass is 9.78. The van der Waals surface area contributed by atoms with Gasteiger partial charge in [0.1, 0.15) is 5.75 Å². The summed E-state index contributed by atoms with van der Waals surface area (Å²) in [5.41, 5.74) is 0.911. The van der Waals surface area contributed by atoms with E-state index in [9.17, 15) is 8.78 Å². The van der Waals surface area contributed by atoms with Crippen LogP contribution in [0.2, 0.25) is 0 Å². The predicted octanol–water partition coefficient (Wildman–Crippen LogP) is 5.83. The van der Waals surface area contributed by atoms with Crippen molar-refractivity contribution in [3.05, 3.63) is 29.8 Å². The molecule has 0 radical (unpaired) electrons. The van der Waals surface area contributed by atoms with Gasteiger partial charge in [0.15, 0.2) is 0 Å². The van der Waals surface area contributed by atoms with Gasteiger partial charge in [0.25, 0.3) is 0 Å². The second-order valence-corrected chi connectivity index (χ2v) is 6.20. The van der Waals surface area contributed by atoms with E-state index in [1.165, 1.54) is 38.5 Å². The van der Waals surface area contributed by atoms with Crippen LogP contribution in [0.5, 0.6) is 5.75 Å². The number of benzene rings is 1. The van der Waals surface area contributed by atoms with E-state index < -0.39 is 6.61 Å². The van der Waals surface area contributed by atoms with Gasteiger partial charge in [-0.25, -0.2) is 0 Å². The van der Waals surface area contributed by atoms with Crippen molar-refractivity contribution in [2.45, 2.75) is 64.9 Å². The monoisotopic (exact) mass is 296 g/mol. The maximum atomic E-state index is 12.4. The Hall–Kier alpha value is -1.12. The van der Waals surface area contributed by atoms with E-state index in [0.717, 1.165) is 30.2 Å². The number of halogens is 2. The Morgan fingerprint density at radius 3 is 2.29 bits per heavy atom. The molecule has 0 amide bonds. The first-order valence-corrected chi connectivity index (χ1v) is 8.21. The van der Waals surface area contributed by atoms with Crippen molar-refractivity contribution < 1.29 is 13.5 Å². The van der Waals surface area contributed by atoms with E-state index in [4.69, 9.17) is 0 Å². The zero-order chi connectivity index (χ0) is 15.1. The van der Waals surface area contributed by atoms with Gasteiger partial charge in [-0.1, -0.05) is 63.6 Å². The topological polar surface area (TPSA) is 9.23 Å². The highest BCUT2D eigenvalue weighted by molar-refractivity contribution is 5.33. The van der Waals surface area contributed by atoms with Crippen LogP contribution in [0, 0.1) is 11.8 Å². The maximum Gasteiger partial charge on any atom is 0.387 e. The van der Waals surface area contributed by atoms with Crippen molar-refractivity contribution in [1.82, 2.24) is 0 Å². The first-order chi connectivity index (χ1) is 10.2. The number of ether oxygens (including phenoxy) is 1. The zero-order valence-corrected chi connectivity index (χ0v) is 12.9. The number of para-hydroxylation sites is 1. The van der Waals surface area contributed by atoms with Crippen LogP contribution in [0.15, 0.2) is 24.3 Å². The standard InChI is InChI=1S/C18H26F2O/c1-2-5-14-8-10-15(11-9-14)12-13-16-6-3-4-7-17(16)21-18(19)20/h3-4,6-7,14-15,18H,2,5,8-13H2,1H3. The van der Waals surface area contributed by atoms with Crippen LogP contribution in [0.4, 0.5) is 8.78 Å². The van der Waals surface area contributed by atoms with Crippen molar-refractivity contribution in [2.24, 2.45) is 11.8 Å². The van der Waals surface area contributed by atoms with Gasteiger partial charge in [-0.3, -0.25) is 0 Å². The number of hydrogen-bond acceptors (Lipinski definition) is 1. The molecule has 1 aromatic rings. The lowest BCUT2D eigenvalue weighted by Crippen LogP contribution is -2.15. The third-order valence-electron chi connectivity index (χ3n) is 4.67. The molecule has 0 aliphatic heterocycles. The van der Waals surface area contributed by atoms with E-state index in [1.807, 2.05) is 12.1 Å². The fourth-order valence-electron chi connectivity index (χ4n) is 3.50. The fourth-order valence-corrected chi connectivity index (χ4v) is 3.50. The molecule has 1 aliphatic carbocycles. The molecule has 0 spiro atoms. The molecule has 0 bridgehead atoms. The smallest absolute Gasteiger partial charge is 0.387 e. The molecule has 3 heteroatoms. The first-order valence-electron chi connectivity index (χ1n) is 8.21. The molecular formula is C18H26F2O. The van der Waals surface area contributed by atoms with Crippen molar-refractivity contribution in [3.8, 4) is 5.75 Å². The third-order valence-corrected chi connectivity index (χ3v) is 4.67. The van der Waals surface area contributed by atoms with Crippen LogP contribution in [-0.2, 0) is 6.42 Å². The molecule has 118 valence electrons. The SMILES string of the molecule is CCCC1CCC(CCc2ccccc2OC(F)F)CC1. The highest BCUT2D eigenvalue weighted by Gasteiger charge is 2.20. The van der Waals surface area contributed by atoms with E-state index in [-0.39, 0.29) is 0 Å². The number of hydrogen-bond donors (Lipinski definition) is 0. The Balaban J connectivity index is 1.81. The largest absolute Gasteiger partial charge is 0.435 e. The van der Waals surface area contributed by atoms with Gasteiger partial charge in [-0.15, -0.1) is 0 Å². The molecule has 2 rings (SSSR count). The molecule has 0 unspecified atom stereocenters. The minimum absolute atomic E-state index is 0.340. The minimum Gasteiger partial charge on any atom is -0.435 e. The van der Waals surface area contributed by atoms with Gasteiger partial charge >= 0.3 is 6.61 Å². The van der Waals surface area contributed by atoms with Crippen LogP contribution in [0.1, 0.15) is 57.4 Å². The normalized spacial score (nSPS) is 22.5. The quantitative estimate of drug-likeness (QED) is 0.615. The summed E-state index contributed by atoms with van der Waals surface area (Å²) >= 11 is 0. The van der Waals surface area contributed by atoms with Gasteiger partial charge in [0, 0.05) is 0 Å². The van der Waals surface area contributed by atoms with Crippen LogP contribution < -0.4 is 4.74 Å². The Labute approximate surface area is 126 Å². The summed E-state index contributed by atoms with van der Waals surface area (Å²) in [6.07, 6.45) is 9.84. The molecular weight excluding hydrogens is 270 g/mol. The number of rotatable bonds is 7. The Kier molecular flexibility index (Phi) is 6.47. The second kappa shape index (κ2) is 8.35. The second-order valence-electron chi connectivity index (χ2n) is 6.20. The van der Waals surface area contributed by atoms with Gasteiger partial charge in [-0.2, -0.15) is 8.78 Å². The van der Waals surface area contributed by atoms with Crippen molar-refractivity contribution >= 4 is 0 Å². The number of alkyl halides is 2. The van der Waals surface area contributed by atoms with Crippen LogP contribution in [0.25, 0.3) is 0 Å². The zero-order valence-electron chi connectivity index (χ0n) is 12.9. The Morgan fingerprint density at radius 2 is 1.67 bits per heavy atom. The summed E-state index contributed by atoms with van der Waals surface area (Å²) in [5.74, 6) is 2.01. The van der Waals surface area contributed by atoms with Gasteiger partial charge in [-0.05, 0) is 36.3 Å². The average molecular weight is 296 g/mol. The molecule has 0 heterocycles. The summed E-state index contributed by atoms with van der Waals surface area (Å²) in [7, 11) is 0. The molecule has 21 heavy (non-hydrogen) atoms. The molecule has 0 atom stereocenters. The van der Waals surface area contributed by atoms with Crippen molar-refractivity contribution in [1.29, 1.82) is 0 Å². The number of aryl methyl sites for hydroxylation is 1. The molecule has 1 aromatic carbocycles. The van der Waals surface area contributed by atoms with Crippen molar-refractivity contribution in [3.63, 3.8) is 0 Å². The summed E-state index contributed by atoms with van der Waals surface area (Å²) in [5, 5.41) is 0. The summed E-state index contributed by atoms with van der Waals surface area (Å²) < 4.78 is 29.4.